The Labute approximate surface area is 179 Å². The molecule has 164 valence electrons. The lowest BCUT2D eigenvalue weighted by Crippen LogP contribution is -2.43. The van der Waals surface area contributed by atoms with Crippen LogP contribution in [0.25, 0.3) is 0 Å². The van der Waals surface area contributed by atoms with E-state index in [1.54, 1.807) is 35.2 Å². The highest BCUT2D eigenvalue weighted by Gasteiger charge is 2.18. The molecule has 9 heteroatoms. The van der Waals surface area contributed by atoms with Gasteiger partial charge in [-0.05, 0) is 41.5 Å². The number of benzene rings is 2. The summed E-state index contributed by atoms with van der Waals surface area (Å²) in [7, 11) is 1.50. The molecule has 0 aromatic heterocycles. The molecule has 0 unspecified atom stereocenters. The van der Waals surface area contributed by atoms with Gasteiger partial charge < -0.3 is 19.1 Å². The topological polar surface area (TPSA) is 89.5 Å². The molecule has 1 N–H and O–H groups in total. The zero-order valence-corrected chi connectivity index (χ0v) is 17.2. The second-order valence-corrected chi connectivity index (χ2v) is 6.79. The van der Waals surface area contributed by atoms with Crippen molar-refractivity contribution in [3.8, 4) is 11.5 Å². The number of halogens is 1. The number of rotatable bonds is 8. The number of methoxy groups -OCH3 is 1. The lowest BCUT2D eigenvalue weighted by Gasteiger charge is -2.26. The number of nitrogens with one attached hydrogen (secondary N) is 1. The average molecular weight is 429 g/mol. The van der Waals surface area contributed by atoms with E-state index in [0.717, 1.165) is 0 Å². The maximum absolute atomic E-state index is 12.9. The number of morpholine rings is 1. The third-order valence-corrected chi connectivity index (χ3v) is 4.58. The van der Waals surface area contributed by atoms with E-state index < -0.39 is 0 Å². The molecule has 0 radical (unpaired) electrons. The molecule has 0 saturated carbocycles. The highest BCUT2D eigenvalue weighted by atomic mass is 19.1. The molecule has 2 aromatic rings. The number of hydrogen-bond acceptors (Lipinski definition) is 6. The lowest BCUT2D eigenvalue weighted by atomic mass is 10.1. The molecule has 0 atom stereocenters. The standard InChI is InChI=1S/C22H24FN3O5/c1-29-20-12-17(14-24-25-21(27)13-16-2-5-18(23)6-3-16)4-7-19(20)31-15-22(28)26-8-10-30-11-9-26/h2-7,12,14H,8-11,13,15H2,1H3,(H,25,27)/b24-14+. The smallest absolute Gasteiger partial charge is 0.260 e. The van der Waals surface area contributed by atoms with Crippen molar-refractivity contribution in [2.24, 2.45) is 5.10 Å². The SMILES string of the molecule is COc1cc(/C=N/NC(=O)Cc2ccc(F)cc2)ccc1OCC(=O)N1CCOCC1. The van der Waals surface area contributed by atoms with Crippen molar-refractivity contribution in [3.05, 3.63) is 59.4 Å². The van der Waals surface area contributed by atoms with Crippen LogP contribution in [0.2, 0.25) is 0 Å². The quantitative estimate of drug-likeness (QED) is 0.510. The second-order valence-electron chi connectivity index (χ2n) is 6.79. The monoisotopic (exact) mass is 429 g/mol. The van der Waals surface area contributed by atoms with E-state index in [4.69, 9.17) is 14.2 Å². The predicted octanol–water partition coefficient (Wildman–Crippen LogP) is 1.76. The maximum atomic E-state index is 12.9. The lowest BCUT2D eigenvalue weighted by molar-refractivity contribution is -0.137. The first kappa shape index (κ1) is 22.2. The Bertz CT molecular complexity index is 927. The fourth-order valence-corrected chi connectivity index (χ4v) is 2.93. The zero-order valence-electron chi connectivity index (χ0n) is 17.2. The van der Waals surface area contributed by atoms with Crippen molar-refractivity contribution < 1.29 is 28.2 Å². The molecule has 0 aliphatic carbocycles. The molecule has 1 aliphatic heterocycles. The first-order valence-corrected chi connectivity index (χ1v) is 9.78. The highest BCUT2D eigenvalue weighted by molar-refractivity contribution is 5.84. The molecule has 1 aliphatic rings. The van der Waals surface area contributed by atoms with Crippen LogP contribution in [0.3, 0.4) is 0 Å². The third-order valence-electron chi connectivity index (χ3n) is 4.58. The summed E-state index contributed by atoms with van der Waals surface area (Å²) in [6.45, 7) is 2.08. The zero-order chi connectivity index (χ0) is 22.1. The summed E-state index contributed by atoms with van der Waals surface area (Å²) in [6.07, 6.45) is 1.55. The van der Waals surface area contributed by atoms with E-state index in [1.807, 2.05) is 0 Å². The molecule has 1 fully saturated rings. The van der Waals surface area contributed by atoms with Crippen LogP contribution >= 0.6 is 0 Å². The minimum atomic E-state index is -0.353. The van der Waals surface area contributed by atoms with Crippen LogP contribution in [0.5, 0.6) is 11.5 Å². The van der Waals surface area contributed by atoms with Gasteiger partial charge in [-0.1, -0.05) is 12.1 Å². The van der Waals surface area contributed by atoms with E-state index in [-0.39, 0.29) is 30.7 Å². The van der Waals surface area contributed by atoms with Crippen LogP contribution in [0.4, 0.5) is 4.39 Å². The first-order valence-electron chi connectivity index (χ1n) is 9.78. The van der Waals surface area contributed by atoms with Gasteiger partial charge in [0.1, 0.15) is 5.82 Å². The Morgan fingerprint density at radius 2 is 1.90 bits per heavy atom. The third kappa shape index (κ3) is 6.78. The van der Waals surface area contributed by atoms with E-state index in [9.17, 15) is 14.0 Å². The molecule has 1 saturated heterocycles. The van der Waals surface area contributed by atoms with E-state index in [0.29, 0.717) is 48.9 Å². The molecule has 2 aromatic carbocycles. The number of hydrazone groups is 1. The second kappa shape index (κ2) is 11.1. The largest absolute Gasteiger partial charge is 0.493 e. The van der Waals surface area contributed by atoms with Crippen LogP contribution in [0.15, 0.2) is 47.6 Å². The van der Waals surface area contributed by atoms with Crippen LogP contribution in [-0.4, -0.2) is 62.9 Å². The molecular weight excluding hydrogens is 405 g/mol. The van der Waals surface area contributed by atoms with Crippen molar-refractivity contribution in [3.63, 3.8) is 0 Å². The fraction of sp³-hybridized carbons (Fsp3) is 0.318. The van der Waals surface area contributed by atoms with Crippen molar-refractivity contribution in [2.45, 2.75) is 6.42 Å². The number of amides is 2. The number of hydrogen-bond donors (Lipinski definition) is 1. The number of carbonyl (C=O) groups is 2. The van der Waals surface area contributed by atoms with E-state index in [2.05, 4.69) is 10.5 Å². The summed E-state index contributed by atoms with van der Waals surface area (Å²) in [5, 5.41) is 3.93. The summed E-state index contributed by atoms with van der Waals surface area (Å²) >= 11 is 0. The van der Waals surface area contributed by atoms with Crippen molar-refractivity contribution in [2.75, 3.05) is 40.0 Å². The molecule has 2 amide bonds. The van der Waals surface area contributed by atoms with Gasteiger partial charge in [0.25, 0.3) is 5.91 Å². The Hall–Kier alpha value is -3.46. The summed E-state index contributed by atoms with van der Waals surface area (Å²) < 4.78 is 29.1. The summed E-state index contributed by atoms with van der Waals surface area (Å²) in [5.74, 6) is 0.0863. The number of ether oxygens (including phenoxy) is 3. The number of nitrogens with zero attached hydrogens (tertiary/aromatic N) is 2. The Morgan fingerprint density at radius 3 is 2.61 bits per heavy atom. The van der Waals surface area contributed by atoms with Gasteiger partial charge in [-0.15, -0.1) is 0 Å². The van der Waals surface area contributed by atoms with Crippen LogP contribution in [0.1, 0.15) is 11.1 Å². The van der Waals surface area contributed by atoms with Crippen molar-refractivity contribution in [1.82, 2.24) is 10.3 Å². The summed E-state index contributed by atoms with van der Waals surface area (Å²) in [4.78, 5) is 25.9. The molecule has 8 nitrogen and oxygen atoms in total. The molecule has 0 bridgehead atoms. The Balaban J connectivity index is 1.51. The molecule has 31 heavy (non-hydrogen) atoms. The van der Waals surface area contributed by atoms with Gasteiger partial charge in [-0.3, -0.25) is 9.59 Å². The minimum absolute atomic E-state index is 0.0882. The van der Waals surface area contributed by atoms with Gasteiger partial charge in [0, 0.05) is 13.1 Å². The molecule has 0 spiro atoms. The molecule has 1 heterocycles. The van der Waals surface area contributed by atoms with E-state index in [1.165, 1.54) is 25.5 Å². The predicted molar refractivity (Wildman–Crippen MR) is 112 cm³/mol. The molecule has 3 rings (SSSR count). The Morgan fingerprint density at radius 1 is 1.16 bits per heavy atom. The van der Waals surface area contributed by atoms with E-state index >= 15 is 0 Å². The van der Waals surface area contributed by atoms with Gasteiger partial charge in [0.15, 0.2) is 18.1 Å². The normalized spacial score (nSPS) is 13.8. The van der Waals surface area contributed by atoms with Crippen LogP contribution < -0.4 is 14.9 Å². The summed E-state index contributed by atoms with van der Waals surface area (Å²) in [6, 6.07) is 10.8. The molecular formula is C22H24FN3O5. The van der Waals surface area contributed by atoms with Gasteiger partial charge in [-0.2, -0.15) is 5.10 Å². The fourth-order valence-electron chi connectivity index (χ4n) is 2.93. The first-order chi connectivity index (χ1) is 15.0. The van der Waals surface area contributed by atoms with Crippen LogP contribution in [0, 0.1) is 5.82 Å². The summed E-state index contributed by atoms with van der Waals surface area (Å²) in [5.41, 5.74) is 3.78. The average Bonchev–Trinajstić information content (AvgIpc) is 2.80. The number of carbonyl (C=O) groups excluding carboxylic acids is 2. The van der Waals surface area contributed by atoms with Crippen molar-refractivity contribution in [1.29, 1.82) is 0 Å². The Kier molecular flexibility index (Phi) is 7.94. The van der Waals surface area contributed by atoms with Crippen molar-refractivity contribution >= 4 is 18.0 Å². The van der Waals surface area contributed by atoms with Gasteiger partial charge >= 0.3 is 0 Å². The van der Waals surface area contributed by atoms with Gasteiger partial charge in [-0.25, -0.2) is 9.82 Å². The maximum Gasteiger partial charge on any atom is 0.260 e. The highest BCUT2D eigenvalue weighted by Crippen LogP contribution is 2.27. The van der Waals surface area contributed by atoms with Gasteiger partial charge in [0.2, 0.25) is 5.91 Å². The van der Waals surface area contributed by atoms with Crippen LogP contribution in [-0.2, 0) is 20.7 Å². The minimum Gasteiger partial charge on any atom is -0.493 e. The van der Waals surface area contributed by atoms with Gasteiger partial charge in [0.05, 0.1) is 33.0 Å².